The third kappa shape index (κ3) is 7.80. The molecule has 0 radical (unpaired) electrons. The average Bonchev–Trinajstić information content (AvgIpc) is 3.54. The van der Waals surface area contributed by atoms with E-state index < -0.39 is 0 Å². The van der Waals surface area contributed by atoms with E-state index in [1.54, 1.807) is 5.57 Å². The van der Waals surface area contributed by atoms with Gasteiger partial charge in [0.2, 0.25) is 0 Å². The van der Waals surface area contributed by atoms with Crippen molar-refractivity contribution in [1.29, 1.82) is 0 Å². The third-order valence-electron chi connectivity index (χ3n) is 13.7. The summed E-state index contributed by atoms with van der Waals surface area (Å²) in [7, 11) is 0. The standard InChI is InChI=1S/C42H68O3/c1-8-9-10-16-33-27-31(5)39(44-33)17-11-12-18-40(43)45-34-23-25-41(6)32(28-34)19-20-35-37-22-21-36(30(4)15-13-14-29(2)3)42(37,7)26-24-38(35)41/h19,27,29-30,34-38H,8-18,20-26,28H2,1-7H3. The van der Waals surface area contributed by atoms with E-state index in [1.165, 1.54) is 82.6 Å². The molecule has 0 N–H and O–H groups in total. The number of carbonyl (C=O) groups is 1. The summed E-state index contributed by atoms with van der Waals surface area (Å²) in [4.78, 5) is 12.9. The van der Waals surface area contributed by atoms with Crippen molar-refractivity contribution >= 4 is 5.97 Å². The zero-order valence-electron chi connectivity index (χ0n) is 30.4. The first kappa shape index (κ1) is 34.8. The van der Waals surface area contributed by atoms with Crippen molar-refractivity contribution in [2.45, 2.75) is 177 Å². The van der Waals surface area contributed by atoms with Crippen LogP contribution < -0.4 is 0 Å². The quantitative estimate of drug-likeness (QED) is 0.111. The highest BCUT2D eigenvalue weighted by Gasteiger charge is 2.59. The van der Waals surface area contributed by atoms with Gasteiger partial charge in [-0.05, 0) is 129 Å². The lowest BCUT2D eigenvalue weighted by atomic mass is 9.47. The van der Waals surface area contributed by atoms with Gasteiger partial charge in [-0.1, -0.05) is 85.3 Å². The minimum atomic E-state index is 0.00209. The predicted octanol–water partition coefficient (Wildman–Crippen LogP) is 12.0. The van der Waals surface area contributed by atoms with Crippen LogP contribution >= 0.6 is 0 Å². The predicted molar refractivity (Wildman–Crippen MR) is 187 cm³/mol. The SMILES string of the molecule is CCCCCc1cc(C)c(CCCCC(=O)OC2CCC3(C)C(=CCC4C3CCC3(C)C(C(C)CCCC(C)C)CCC43)C2)o1. The van der Waals surface area contributed by atoms with Crippen molar-refractivity contribution in [1.82, 2.24) is 0 Å². The zero-order chi connectivity index (χ0) is 32.2. The molecule has 0 aromatic carbocycles. The van der Waals surface area contributed by atoms with Gasteiger partial charge in [0, 0.05) is 25.7 Å². The summed E-state index contributed by atoms with van der Waals surface area (Å²) >= 11 is 0. The number of fused-ring (bicyclic) bond motifs is 5. The van der Waals surface area contributed by atoms with Crippen molar-refractivity contribution in [2.24, 2.45) is 46.3 Å². The Bertz CT molecular complexity index is 1140. The molecule has 4 aliphatic carbocycles. The van der Waals surface area contributed by atoms with E-state index in [0.29, 0.717) is 17.3 Å². The number of unbranched alkanes of at least 4 members (excludes halogenated alkanes) is 3. The number of rotatable bonds is 15. The van der Waals surface area contributed by atoms with Crippen molar-refractivity contribution in [3.63, 3.8) is 0 Å². The van der Waals surface area contributed by atoms with Crippen LogP contribution in [-0.2, 0) is 22.4 Å². The number of allylic oxidation sites excluding steroid dienone is 1. The Hall–Kier alpha value is -1.51. The fourth-order valence-corrected chi connectivity index (χ4v) is 11.1. The molecule has 45 heavy (non-hydrogen) atoms. The molecule has 0 amide bonds. The maximum Gasteiger partial charge on any atom is 0.306 e. The topological polar surface area (TPSA) is 39.4 Å². The fraction of sp³-hybridized carbons (Fsp3) is 0.833. The van der Waals surface area contributed by atoms with Crippen LogP contribution in [0.4, 0.5) is 0 Å². The van der Waals surface area contributed by atoms with Crippen LogP contribution in [0.3, 0.4) is 0 Å². The minimum absolute atomic E-state index is 0.00209. The maximum atomic E-state index is 12.9. The highest BCUT2D eigenvalue weighted by atomic mass is 16.5. The molecule has 8 atom stereocenters. The molecule has 1 aromatic heterocycles. The molecule has 0 saturated heterocycles. The van der Waals surface area contributed by atoms with Crippen LogP contribution in [0.5, 0.6) is 0 Å². The van der Waals surface area contributed by atoms with Crippen LogP contribution in [0.15, 0.2) is 22.1 Å². The number of hydrogen-bond donors (Lipinski definition) is 0. The van der Waals surface area contributed by atoms with E-state index in [-0.39, 0.29) is 12.1 Å². The number of esters is 1. The number of ether oxygens (including phenoxy) is 1. The van der Waals surface area contributed by atoms with E-state index in [4.69, 9.17) is 9.15 Å². The van der Waals surface area contributed by atoms with Gasteiger partial charge in [-0.25, -0.2) is 0 Å². The summed E-state index contributed by atoms with van der Waals surface area (Å²) in [5, 5.41) is 0. The molecule has 3 fully saturated rings. The van der Waals surface area contributed by atoms with Gasteiger partial charge in [0.15, 0.2) is 0 Å². The Morgan fingerprint density at radius 3 is 2.53 bits per heavy atom. The molecule has 254 valence electrons. The van der Waals surface area contributed by atoms with Gasteiger partial charge in [-0.15, -0.1) is 0 Å². The van der Waals surface area contributed by atoms with Crippen LogP contribution in [0, 0.1) is 53.3 Å². The summed E-state index contributed by atoms with van der Waals surface area (Å²) in [5.41, 5.74) is 3.74. The second-order valence-electron chi connectivity index (χ2n) is 17.1. The normalized spacial score (nSPS) is 33.3. The third-order valence-corrected chi connectivity index (χ3v) is 13.7. The molecule has 0 bridgehead atoms. The van der Waals surface area contributed by atoms with Crippen LogP contribution in [-0.4, -0.2) is 12.1 Å². The van der Waals surface area contributed by atoms with E-state index >= 15 is 0 Å². The van der Waals surface area contributed by atoms with Crippen molar-refractivity contribution in [3.8, 4) is 0 Å². The van der Waals surface area contributed by atoms with E-state index in [9.17, 15) is 4.79 Å². The first-order chi connectivity index (χ1) is 21.5. The van der Waals surface area contributed by atoms with Crippen LogP contribution in [0.1, 0.15) is 168 Å². The number of hydrogen-bond acceptors (Lipinski definition) is 3. The lowest BCUT2D eigenvalue weighted by Gasteiger charge is -2.58. The average molecular weight is 621 g/mol. The van der Waals surface area contributed by atoms with Gasteiger partial charge in [-0.2, -0.15) is 0 Å². The minimum Gasteiger partial charge on any atom is -0.466 e. The van der Waals surface area contributed by atoms with Gasteiger partial charge in [-0.3, -0.25) is 4.79 Å². The van der Waals surface area contributed by atoms with Crippen LogP contribution in [0.2, 0.25) is 0 Å². The molecule has 8 unspecified atom stereocenters. The Morgan fingerprint density at radius 2 is 1.76 bits per heavy atom. The smallest absolute Gasteiger partial charge is 0.306 e. The highest BCUT2D eigenvalue weighted by molar-refractivity contribution is 5.69. The number of carbonyl (C=O) groups excluding carboxylic acids is 1. The van der Waals surface area contributed by atoms with Crippen molar-refractivity contribution < 1.29 is 13.9 Å². The summed E-state index contributed by atoms with van der Waals surface area (Å²) < 4.78 is 12.3. The maximum absolute atomic E-state index is 12.9. The van der Waals surface area contributed by atoms with E-state index in [0.717, 1.165) is 85.6 Å². The number of furan rings is 1. The molecule has 5 rings (SSSR count). The Kier molecular flexibility index (Phi) is 11.7. The van der Waals surface area contributed by atoms with E-state index in [1.807, 2.05) is 0 Å². The molecule has 0 aliphatic heterocycles. The molecule has 4 aliphatic rings. The Labute approximate surface area is 277 Å². The fourth-order valence-electron chi connectivity index (χ4n) is 11.1. The van der Waals surface area contributed by atoms with Gasteiger partial charge in [0.25, 0.3) is 0 Å². The monoisotopic (exact) mass is 621 g/mol. The molecule has 3 heteroatoms. The molecule has 0 spiro atoms. The van der Waals surface area contributed by atoms with Crippen molar-refractivity contribution in [2.75, 3.05) is 0 Å². The van der Waals surface area contributed by atoms with Crippen LogP contribution in [0.25, 0.3) is 0 Å². The summed E-state index contributed by atoms with van der Waals surface area (Å²) in [6.07, 6.45) is 25.1. The molecular weight excluding hydrogens is 552 g/mol. The Balaban J connectivity index is 1.09. The Morgan fingerprint density at radius 1 is 0.956 bits per heavy atom. The summed E-state index contributed by atoms with van der Waals surface area (Å²) in [6, 6.07) is 2.21. The summed E-state index contributed by atoms with van der Waals surface area (Å²) in [5.74, 6) is 7.43. The van der Waals surface area contributed by atoms with Gasteiger partial charge in [0.05, 0.1) is 0 Å². The zero-order valence-corrected chi connectivity index (χ0v) is 30.4. The molecule has 3 saturated carbocycles. The molecule has 3 nitrogen and oxygen atoms in total. The summed E-state index contributed by atoms with van der Waals surface area (Å²) in [6.45, 7) is 17.0. The van der Waals surface area contributed by atoms with Gasteiger partial charge in [0.1, 0.15) is 17.6 Å². The molecule has 1 aromatic rings. The number of aryl methyl sites for hydroxylation is 3. The lowest BCUT2D eigenvalue weighted by molar-refractivity contribution is -0.151. The lowest BCUT2D eigenvalue weighted by Crippen LogP contribution is -2.51. The second-order valence-corrected chi connectivity index (χ2v) is 17.1. The second kappa shape index (κ2) is 15.1. The van der Waals surface area contributed by atoms with Gasteiger partial charge < -0.3 is 9.15 Å². The highest BCUT2D eigenvalue weighted by Crippen LogP contribution is 2.67. The largest absolute Gasteiger partial charge is 0.466 e. The molecule has 1 heterocycles. The first-order valence-corrected chi connectivity index (χ1v) is 19.5. The first-order valence-electron chi connectivity index (χ1n) is 19.5. The van der Waals surface area contributed by atoms with Gasteiger partial charge >= 0.3 is 5.97 Å². The van der Waals surface area contributed by atoms with Crippen molar-refractivity contribution in [3.05, 3.63) is 34.8 Å². The van der Waals surface area contributed by atoms with E-state index in [2.05, 4.69) is 60.6 Å². The molecular formula is C42H68O3.